The van der Waals surface area contributed by atoms with Crippen molar-refractivity contribution in [3.05, 3.63) is 65.2 Å². The predicted octanol–water partition coefficient (Wildman–Crippen LogP) is 2.11. The molecule has 0 N–H and O–H groups in total. The standard InChI is InChI=1S/C22H23FN6O3/c1-3-32-20-9-8-19(25-26-20)29-15(2)18(14-24-29)22(31)28-12-10-27(11-13-28)21(30)16-4-6-17(23)7-5-16/h4-9,14H,3,10-13H2,1-2H3. The molecule has 166 valence electrons. The van der Waals surface area contributed by atoms with Crippen LogP contribution < -0.4 is 4.74 Å². The van der Waals surface area contributed by atoms with Crippen LogP contribution in [0.3, 0.4) is 0 Å². The third-order valence-corrected chi connectivity index (χ3v) is 5.32. The fourth-order valence-electron chi connectivity index (χ4n) is 3.56. The van der Waals surface area contributed by atoms with E-state index in [0.29, 0.717) is 61.3 Å². The molecule has 0 bridgehead atoms. The summed E-state index contributed by atoms with van der Waals surface area (Å²) in [6, 6.07) is 8.90. The zero-order chi connectivity index (χ0) is 22.7. The Bertz CT molecular complexity index is 1110. The van der Waals surface area contributed by atoms with Crippen LogP contribution >= 0.6 is 0 Å². The third kappa shape index (κ3) is 4.29. The van der Waals surface area contributed by atoms with Gasteiger partial charge in [0.1, 0.15) is 5.82 Å². The van der Waals surface area contributed by atoms with E-state index in [-0.39, 0.29) is 17.6 Å². The molecule has 3 heterocycles. The highest BCUT2D eigenvalue weighted by Crippen LogP contribution is 2.17. The number of carbonyl (C=O) groups excluding carboxylic acids is 2. The second-order valence-corrected chi connectivity index (χ2v) is 7.31. The smallest absolute Gasteiger partial charge is 0.257 e. The summed E-state index contributed by atoms with van der Waals surface area (Å²) in [6.07, 6.45) is 1.52. The first-order valence-corrected chi connectivity index (χ1v) is 10.3. The van der Waals surface area contributed by atoms with Crippen LogP contribution in [0.15, 0.2) is 42.6 Å². The van der Waals surface area contributed by atoms with Crippen molar-refractivity contribution in [3.8, 4) is 11.7 Å². The maximum Gasteiger partial charge on any atom is 0.257 e. The average Bonchev–Trinajstić information content (AvgIpc) is 3.20. The Hall–Kier alpha value is -3.82. The predicted molar refractivity (Wildman–Crippen MR) is 113 cm³/mol. The van der Waals surface area contributed by atoms with E-state index in [1.54, 1.807) is 33.5 Å². The normalized spacial score (nSPS) is 13.8. The Kier molecular flexibility index (Phi) is 6.11. The molecule has 1 aliphatic heterocycles. The lowest BCUT2D eigenvalue weighted by Gasteiger charge is -2.34. The molecule has 1 aliphatic rings. The van der Waals surface area contributed by atoms with E-state index in [1.165, 1.54) is 30.5 Å². The van der Waals surface area contributed by atoms with Gasteiger partial charge in [0.15, 0.2) is 5.82 Å². The van der Waals surface area contributed by atoms with E-state index < -0.39 is 0 Å². The Morgan fingerprint density at radius 3 is 2.22 bits per heavy atom. The lowest BCUT2D eigenvalue weighted by molar-refractivity contribution is 0.0535. The summed E-state index contributed by atoms with van der Waals surface area (Å²) in [6.45, 7) is 5.77. The van der Waals surface area contributed by atoms with Gasteiger partial charge in [0, 0.05) is 37.8 Å². The van der Waals surface area contributed by atoms with Gasteiger partial charge >= 0.3 is 0 Å². The van der Waals surface area contributed by atoms with Crippen LogP contribution in [-0.2, 0) is 0 Å². The molecule has 10 heteroatoms. The Morgan fingerprint density at radius 1 is 0.969 bits per heavy atom. The molecule has 0 spiro atoms. The number of benzene rings is 1. The molecular weight excluding hydrogens is 415 g/mol. The fourth-order valence-corrected chi connectivity index (χ4v) is 3.56. The molecule has 1 saturated heterocycles. The first kappa shape index (κ1) is 21.4. The van der Waals surface area contributed by atoms with E-state index in [4.69, 9.17) is 4.74 Å². The Morgan fingerprint density at radius 2 is 1.62 bits per heavy atom. The maximum atomic E-state index is 13.1. The molecule has 1 aromatic carbocycles. The minimum atomic E-state index is -0.385. The first-order chi connectivity index (χ1) is 15.5. The molecule has 0 atom stereocenters. The van der Waals surface area contributed by atoms with Gasteiger partial charge in [0.05, 0.1) is 24.1 Å². The summed E-state index contributed by atoms with van der Waals surface area (Å²) in [5.74, 6) is 0.200. The molecule has 0 saturated carbocycles. The highest BCUT2D eigenvalue weighted by atomic mass is 19.1. The van der Waals surface area contributed by atoms with Crippen molar-refractivity contribution in [2.24, 2.45) is 0 Å². The molecule has 1 fully saturated rings. The minimum Gasteiger partial charge on any atom is -0.477 e. The molecule has 0 radical (unpaired) electrons. The molecule has 2 amide bonds. The minimum absolute atomic E-state index is 0.151. The van der Waals surface area contributed by atoms with Crippen LogP contribution in [0.25, 0.3) is 5.82 Å². The summed E-state index contributed by atoms with van der Waals surface area (Å²) in [5.41, 5.74) is 1.55. The second kappa shape index (κ2) is 9.13. The number of aromatic nitrogens is 4. The third-order valence-electron chi connectivity index (χ3n) is 5.32. The highest BCUT2D eigenvalue weighted by molar-refractivity contribution is 5.96. The van der Waals surface area contributed by atoms with Crippen molar-refractivity contribution >= 4 is 11.8 Å². The number of halogens is 1. The summed E-state index contributed by atoms with van der Waals surface area (Å²) in [4.78, 5) is 29.0. The topological polar surface area (TPSA) is 93.5 Å². The SMILES string of the molecule is CCOc1ccc(-n2ncc(C(=O)N3CCN(C(=O)c4ccc(F)cc4)CC3)c2C)nn1. The largest absolute Gasteiger partial charge is 0.477 e. The van der Waals surface area contributed by atoms with E-state index in [1.807, 2.05) is 6.92 Å². The van der Waals surface area contributed by atoms with Crippen molar-refractivity contribution in [1.82, 2.24) is 29.8 Å². The van der Waals surface area contributed by atoms with Gasteiger partial charge in [-0.25, -0.2) is 9.07 Å². The lowest BCUT2D eigenvalue weighted by atomic mass is 10.1. The molecule has 32 heavy (non-hydrogen) atoms. The maximum absolute atomic E-state index is 13.1. The monoisotopic (exact) mass is 438 g/mol. The van der Waals surface area contributed by atoms with Crippen molar-refractivity contribution in [2.75, 3.05) is 32.8 Å². The van der Waals surface area contributed by atoms with E-state index >= 15 is 0 Å². The van der Waals surface area contributed by atoms with Crippen LogP contribution in [-0.4, -0.2) is 74.4 Å². The zero-order valence-electron chi connectivity index (χ0n) is 17.9. The molecule has 2 aromatic heterocycles. The van der Waals surface area contributed by atoms with Gasteiger partial charge < -0.3 is 14.5 Å². The fraction of sp³-hybridized carbons (Fsp3) is 0.318. The second-order valence-electron chi connectivity index (χ2n) is 7.31. The van der Waals surface area contributed by atoms with Gasteiger partial charge in [-0.15, -0.1) is 10.2 Å². The summed E-state index contributed by atoms with van der Waals surface area (Å²) in [7, 11) is 0. The lowest BCUT2D eigenvalue weighted by Crippen LogP contribution is -2.50. The number of piperazine rings is 1. The van der Waals surface area contributed by atoms with Gasteiger partial charge in [-0.2, -0.15) is 5.10 Å². The van der Waals surface area contributed by atoms with E-state index in [0.717, 1.165) is 0 Å². The van der Waals surface area contributed by atoms with Gasteiger partial charge in [0.25, 0.3) is 11.8 Å². The number of ether oxygens (including phenoxy) is 1. The number of amides is 2. The zero-order valence-corrected chi connectivity index (χ0v) is 17.9. The number of hydrogen-bond acceptors (Lipinski definition) is 6. The highest BCUT2D eigenvalue weighted by Gasteiger charge is 2.27. The molecule has 9 nitrogen and oxygen atoms in total. The summed E-state index contributed by atoms with van der Waals surface area (Å²) < 4.78 is 20.0. The van der Waals surface area contributed by atoms with Crippen LogP contribution in [0, 0.1) is 12.7 Å². The van der Waals surface area contributed by atoms with Crippen molar-refractivity contribution < 1.29 is 18.7 Å². The quantitative estimate of drug-likeness (QED) is 0.606. The van der Waals surface area contributed by atoms with Crippen LogP contribution in [0.2, 0.25) is 0 Å². The van der Waals surface area contributed by atoms with E-state index in [9.17, 15) is 14.0 Å². The van der Waals surface area contributed by atoms with Crippen molar-refractivity contribution in [1.29, 1.82) is 0 Å². The Labute approximate surface area is 184 Å². The van der Waals surface area contributed by atoms with E-state index in [2.05, 4.69) is 15.3 Å². The Balaban J connectivity index is 1.41. The molecule has 0 unspecified atom stereocenters. The van der Waals surface area contributed by atoms with Crippen LogP contribution in [0.4, 0.5) is 4.39 Å². The van der Waals surface area contributed by atoms with Crippen molar-refractivity contribution in [2.45, 2.75) is 13.8 Å². The van der Waals surface area contributed by atoms with Gasteiger partial charge in [0.2, 0.25) is 5.88 Å². The summed E-state index contributed by atoms with van der Waals surface area (Å²) >= 11 is 0. The van der Waals surface area contributed by atoms with Crippen LogP contribution in [0.1, 0.15) is 33.3 Å². The van der Waals surface area contributed by atoms with Gasteiger partial charge in [-0.05, 0) is 44.2 Å². The molecular formula is C22H23FN6O3. The summed E-state index contributed by atoms with van der Waals surface area (Å²) in [5, 5.41) is 12.4. The number of nitrogens with zero attached hydrogens (tertiary/aromatic N) is 6. The van der Waals surface area contributed by atoms with Gasteiger partial charge in [-0.1, -0.05) is 0 Å². The van der Waals surface area contributed by atoms with Gasteiger partial charge in [-0.3, -0.25) is 9.59 Å². The number of hydrogen-bond donors (Lipinski definition) is 0. The average molecular weight is 438 g/mol. The number of rotatable bonds is 5. The number of carbonyl (C=O) groups is 2. The van der Waals surface area contributed by atoms with Crippen molar-refractivity contribution in [3.63, 3.8) is 0 Å². The molecule has 0 aliphatic carbocycles. The molecule has 4 rings (SSSR count). The first-order valence-electron chi connectivity index (χ1n) is 10.3. The molecule has 3 aromatic rings. The van der Waals surface area contributed by atoms with Crippen LogP contribution in [0.5, 0.6) is 5.88 Å².